The first-order chi connectivity index (χ1) is 12.6. The van der Waals surface area contributed by atoms with Crippen molar-refractivity contribution >= 4 is 40.0 Å². The van der Waals surface area contributed by atoms with E-state index in [1.165, 1.54) is 17.0 Å². The van der Waals surface area contributed by atoms with Crippen LogP contribution in [0.15, 0.2) is 34.0 Å². The second-order valence-electron chi connectivity index (χ2n) is 6.71. The Hall–Kier alpha value is -1.14. The normalized spacial score (nSPS) is 21.7. The number of nitrogens with one attached hydrogen (secondary N) is 1. The molecule has 1 aromatic rings. The van der Waals surface area contributed by atoms with E-state index in [0.29, 0.717) is 37.8 Å². The Morgan fingerprint density at radius 3 is 2.70 bits per heavy atom. The third kappa shape index (κ3) is 6.18. The van der Waals surface area contributed by atoms with Crippen molar-refractivity contribution in [2.24, 2.45) is 10.9 Å². The molecule has 1 fully saturated rings. The molecule has 0 saturated carbocycles. The van der Waals surface area contributed by atoms with Gasteiger partial charge in [0.2, 0.25) is 10.0 Å². The highest BCUT2D eigenvalue weighted by atomic mass is 127. The number of rotatable bonds is 5. The Bertz CT molecular complexity index is 728. The smallest absolute Gasteiger partial charge is 0.220 e. The Kier molecular flexibility index (Phi) is 8.55. The number of aliphatic imine (C=N–C) groups is 1. The van der Waals surface area contributed by atoms with E-state index in [2.05, 4.69) is 32.5 Å². The zero-order valence-corrected chi connectivity index (χ0v) is 18.7. The van der Waals surface area contributed by atoms with E-state index in [-0.39, 0.29) is 29.7 Å². The van der Waals surface area contributed by atoms with Gasteiger partial charge in [0.1, 0.15) is 12.0 Å². The molecule has 0 amide bonds. The summed E-state index contributed by atoms with van der Waals surface area (Å²) in [6.45, 7) is 3.06. The van der Waals surface area contributed by atoms with Crippen LogP contribution in [0.5, 0.6) is 0 Å². The van der Waals surface area contributed by atoms with Crippen LogP contribution in [0.25, 0.3) is 0 Å². The van der Waals surface area contributed by atoms with Crippen molar-refractivity contribution in [2.75, 3.05) is 39.8 Å². The fraction of sp³-hybridized carbons (Fsp3) is 0.647. The molecule has 1 aliphatic heterocycles. The highest BCUT2D eigenvalue weighted by Gasteiger charge is 2.29. The van der Waals surface area contributed by atoms with Crippen molar-refractivity contribution < 1.29 is 12.9 Å². The van der Waals surface area contributed by atoms with E-state index in [1.54, 1.807) is 13.1 Å². The maximum Gasteiger partial charge on any atom is 0.220 e. The van der Waals surface area contributed by atoms with Crippen LogP contribution in [-0.2, 0) is 15.8 Å². The molecule has 0 bridgehead atoms. The Morgan fingerprint density at radius 1 is 1.33 bits per heavy atom. The van der Waals surface area contributed by atoms with E-state index >= 15 is 0 Å². The molecule has 8 nitrogen and oxygen atoms in total. The Balaban J connectivity index is 0.00000261. The topological polar surface area (TPSA) is 91.0 Å². The van der Waals surface area contributed by atoms with Crippen molar-refractivity contribution in [1.29, 1.82) is 0 Å². The van der Waals surface area contributed by atoms with Crippen LogP contribution in [0.4, 0.5) is 0 Å². The van der Waals surface area contributed by atoms with Crippen LogP contribution in [0, 0.1) is 5.92 Å². The summed E-state index contributed by atoms with van der Waals surface area (Å²) in [5.41, 5.74) is 0.437. The minimum atomic E-state index is -3.38. The minimum absolute atomic E-state index is 0. The molecule has 0 aromatic carbocycles. The summed E-state index contributed by atoms with van der Waals surface area (Å²) in [5.74, 6) is 1.38. The van der Waals surface area contributed by atoms with E-state index in [1.807, 2.05) is 0 Å². The van der Waals surface area contributed by atoms with Gasteiger partial charge in [-0.15, -0.1) is 24.0 Å². The lowest BCUT2D eigenvalue weighted by Gasteiger charge is -2.36. The number of aromatic nitrogens is 1. The zero-order valence-electron chi connectivity index (χ0n) is 15.6. The summed E-state index contributed by atoms with van der Waals surface area (Å²) in [6.07, 6.45) is 9.33. The van der Waals surface area contributed by atoms with Gasteiger partial charge >= 0.3 is 0 Å². The molecule has 1 atom stereocenters. The average molecular weight is 509 g/mol. The number of allylic oxidation sites excluding steroid dienone is 2. The molecule has 1 aromatic heterocycles. The van der Waals surface area contributed by atoms with Crippen LogP contribution in [0.1, 0.15) is 25.0 Å². The number of halogens is 1. The summed E-state index contributed by atoms with van der Waals surface area (Å²) in [4.78, 5) is 6.49. The van der Waals surface area contributed by atoms with E-state index in [0.717, 1.165) is 25.3 Å². The fourth-order valence-corrected chi connectivity index (χ4v) is 4.80. The number of nitrogens with zero attached hydrogens (tertiary/aromatic N) is 4. The number of hydrogen-bond acceptors (Lipinski definition) is 5. The molecule has 10 heteroatoms. The van der Waals surface area contributed by atoms with Gasteiger partial charge in [-0.2, -0.15) is 4.31 Å². The summed E-state index contributed by atoms with van der Waals surface area (Å²) in [5, 5.41) is 7.15. The van der Waals surface area contributed by atoms with Gasteiger partial charge in [0.05, 0.1) is 5.69 Å². The quantitative estimate of drug-likeness (QED) is 0.281. The molecule has 0 spiro atoms. The average Bonchev–Trinajstić information content (AvgIpc) is 3.16. The lowest BCUT2D eigenvalue weighted by atomic mass is 9.94. The van der Waals surface area contributed by atoms with Crippen LogP contribution in [0.2, 0.25) is 0 Å². The predicted octanol–water partition coefficient (Wildman–Crippen LogP) is 1.67. The van der Waals surface area contributed by atoms with Crippen molar-refractivity contribution in [3.63, 3.8) is 0 Å². The maximum atomic E-state index is 12.5. The van der Waals surface area contributed by atoms with E-state index < -0.39 is 10.0 Å². The standard InChI is InChI=1S/C17H27N5O3S.HI/c1-18-17(19-13-15-5-3-2-4-6-15)21-8-10-22(11-9-21)26(23,24)14-16-7-12-25-20-16;/h2-3,7,12,15H,4-6,8-11,13-14H2,1H3,(H,18,19);1H. The first-order valence-electron chi connectivity index (χ1n) is 9.06. The number of hydrogen-bond donors (Lipinski definition) is 1. The van der Waals surface area contributed by atoms with E-state index in [4.69, 9.17) is 4.52 Å². The van der Waals surface area contributed by atoms with Gasteiger partial charge in [0.15, 0.2) is 5.96 Å². The largest absolute Gasteiger partial charge is 0.364 e. The van der Waals surface area contributed by atoms with Gasteiger partial charge < -0.3 is 14.7 Å². The summed E-state index contributed by atoms with van der Waals surface area (Å²) < 4.78 is 31.3. The predicted molar refractivity (Wildman–Crippen MR) is 116 cm³/mol. The van der Waals surface area contributed by atoms with Crippen molar-refractivity contribution in [3.05, 3.63) is 30.2 Å². The maximum absolute atomic E-state index is 12.5. The molecule has 2 heterocycles. The van der Waals surface area contributed by atoms with Gasteiger partial charge in [-0.1, -0.05) is 17.3 Å². The third-order valence-corrected chi connectivity index (χ3v) is 6.70. The van der Waals surface area contributed by atoms with Gasteiger partial charge in [0, 0.05) is 45.8 Å². The van der Waals surface area contributed by atoms with Crippen LogP contribution in [-0.4, -0.2) is 68.5 Å². The molecule has 3 rings (SSSR count). The van der Waals surface area contributed by atoms with Gasteiger partial charge in [-0.05, 0) is 25.2 Å². The van der Waals surface area contributed by atoms with Crippen molar-refractivity contribution in [1.82, 2.24) is 19.7 Å². The second-order valence-corrected chi connectivity index (χ2v) is 8.68. The zero-order chi connectivity index (χ0) is 18.4. The molecular weight excluding hydrogens is 481 g/mol. The molecular formula is C17H28IN5O3S. The molecule has 1 saturated heterocycles. The Labute approximate surface area is 178 Å². The number of guanidine groups is 1. The molecule has 152 valence electrons. The van der Waals surface area contributed by atoms with Crippen LogP contribution < -0.4 is 5.32 Å². The van der Waals surface area contributed by atoms with Gasteiger partial charge in [-0.3, -0.25) is 4.99 Å². The summed E-state index contributed by atoms with van der Waals surface area (Å²) in [7, 11) is -1.60. The SMILES string of the molecule is CN=C(NCC1CC=CCC1)N1CCN(S(=O)(=O)Cc2ccon2)CC1.I. The van der Waals surface area contributed by atoms with Crippen molar-refractivity contribution in [2.45, 2.75) is 25.0 Å². The molecule has 0 radical (unpaired) electrons. The van der Waals surface area contributed by atoms with Crippen molar-refractivity contribution in [3.8, 4) is 0 Å². The number of piperazine rings is 1. The monoisotopic (exact) mass is 509 g/mol. The van der Waals surface area contributed by atoms with Crippen LogP contribution >= 0.6 is 24.0 Å². The minimum Gasteiger partial charge on any atom is -0.364 e. The lowest BCUT2D eigenvalue weighted by Crippen LogP contribution is -2.54. The Morgan fingerprint density at radius 2 is 2.11 bits per heavy atom. The lowest BCUT2D eigenvalue weighted by molar-refractivity contribution is 0.258. The third-order valence-electron chi connectivity index (χ3n) is 4.89. The number of sulfonamides is 1. The first kappa shape index (κ1) is 22.2. The molecule has 2 aliphatic rings. The fourth-order valence-electron chi connectivity index (χ4n) is 3.38. The molecule has 1 unspecified atom stereocenters. The van der Waals surface area contributed by atoms with Crippen LogP contribution in [0.3, 0.4) is 0 Å². The molecule has 1 aliphatic carbocycles. The first-order valence-corrected chi connectivity index (χ1v) is 10.7. The van der Waals surface area contributed by atoms with Gasteiger partial charge in [0.25, 0.3) is 0 Å². The van der Waals surface area contributed by atoms with Gasteiger partial charge in [-0.25, -0.2) is 8.42 Å². The highest BCUT2D eigenvalue weighted by Crippen LogP contribution is 2.17. The summed E-state index contributed by atoms with van der Waals surface area (Å²) >= 11 is 0. The highest BCUT2D eigenvalue weighted by molar-refractivity contribution is 14.0. The summed E-state index contributed by atoms with van der Waals surface area (Å²) in [6, 6.07) is 1.58. The second kappa shape index (κ2) is 10.4. The molecule has 1 N–H and O–H groups in total. The molecule has 27 heavy (non-hydrogen) atoms. The van der Waals surface area contributed by atoms with E-state index in [9.17, 15) is 8.42 Å².